The Morgan fingerprint density at radius 1 is 1.25 bits per heavy atom. The summed E-state index contributed by atoms with van der Waals surface area (Å²) in [5.41, 5.74) is 0.748. The highest BCUT2D eigenvalue weighted by Crippen LogP contribution is 2.29. The molecule has 1 unspecified atom stereocenters. The summed E-state index contributed by atoms with van der Waals surface area (Å²) in [6, 6.07) is 3.41. The summed E-state index contributed by atoms with van der Waals surface area (Å²) >= 11 is 0. The molecule has 1 aliphatic carbocycles. The molecule has 1 aromatic rings. The van der Waals surface area contributed by atoms with E-state index in [9.17, 15) is 8.78 Å². The van der Waals surface area contributed by atoms with Crippen LogP contribution in [0, 0.1) is 11.6 Å². The van der Waals surface area contributed by atoms with E-state index in [0.29, 0.717) is 31.2 Å². The van der Waals surface area contributed by atoms with E-state index in [-0.39, 0.29) is 11.8 Å². The van der Waals surface area contributed by atoms with Gasteiger partial charge in [-0.15, -0.1) is 0 Å². The van der Waals surface area contributed by atoms with Gasteiger partial charge in [0.05, 0.1) is 6.10 Å². The Labute approximate surface area is 117 Å². The molecule has 2 fully saturated rings. The lowest BCUT2D eigenvalue weighted by atomic mass is 10.1. The van der Waals surface area contributed by atoms with E-state index < -0.39 is 11.6 Å². The lowest BCUT2D eigenvalue weighted by Gasteiger charge is -2.20. The van der Waals surface area contributed by atoms with Crippen LogP contribution in [0.1, 0.15) is 24.8 Å². The van der Waals surface area contributed by atoms with Gasteiger partial charge < -0.3 is 15.0 Å². The van der Waals surface area contributed by atoms with E-state index in [1.807, 2.05) is 0 Å². The van der Waals surface area contributed by atoms with Crippen LogP contribution in [-0.2, 0) is 11.3 Å². The van der Waals surface area contributed by atoms with Crippen molar-refractivity contribution in [1.29, 1.82) is 0 Å². The standard InChI is InChI=1S/C15H20F2N2O/c1-20-12-4-5-19(9-12)15-13(16)6-10(7-14(15)17)8-18-11-2-3-11/h6-7,11-12,18H,2-5,8-9H2,1H3. The Balaban J connectivity index is 1.74. The van der Waals surface area contributed by atoms with Crippen molar-refractivity contribution in [3.05, 3.63) is 29.3 Å². The van der Waals surface area contributed by atoms with E-state index in [0.717, 1.165) is 19.3 Å². The molecule has 1 saturated heterocycles. The van der Waals surface area contributed by atoms with E-state index in [2.05, 4.69) is 5.32 Å². The van der Waals surface area contributed by atoms with Crippen molar-refractivity contribution in [2.24, 2.45) is 0 Å². The third-order valence-electron chi connectivity index (χ3n) is 4.04. The molecular weight excluding hydrogens is 262 g/mol. The lowest BCUT2D eigenvalue weighted by Crippen LogP contribution is -2.24. The van der Waals surface area contributed by atoms with E-state index >= 15 is 0 Å². The predicted octanol–water partition coefficient (Wildman–Crippen LogP) is 2.44. The van der Waals surface area contributed by atoms with Crippen molar-refractivity contribution in [3.63, 3.8) is 0 Å². The van der Waals surface area contributed by atoms with E-state index in [1.165, 1.54) is 12.1 Å². The molecule has 1 atom stereocenters. The molecule has 110 valence electrons. The Morgan fingerprint density at radius 2 is 1.95 bits per heavy atom. The second-order valence-electron chi connectivity index (χ2n) is 5.66. The number of benzene rings is 1. The molecule has 0 aromatic heterocycles. The third-order valence-corrected chi connectivity index (χ3v) is 4.04. The number of methoxy groups -OCH3 is 1. The molecule has 1 N–H and O–H groups in total. The van der Waals surface area contributed by atoms with Gasteiger partial charge in [-0.1, -0.05) is 0 Å². The quantitative estimate of drug-likeness (QED) is 0.898. The molecule has 2 aliphatic rings. The maximum Gasteiger partial charge on any atom is 0.149 e. The summed E-state index contributed by atoms with van der Waals surface area (Å²) in [7, 11) is 1.63. The first kappa shape index (κ1) is 13.8. The molecule has 1 heterocycles. The molecule has 20 heavy (non-hydrogen) atoms. The molecule has 3 nitrogen and oxygen atoms in total. The molecule has 0 amide bonds. The fourth-order valence-corrected chi connectivity index (χ4v) is 2.70. The van der Waals surface area contributed by atoms with Crippen LogP contribution in [0.2, 0.25) is 0 Å². The molecule has 0 spiro atoms. The monoisotopic (exact) mass is 282 g/mol. The van der Waals surface area contributed by atoms with Gasteiger partial charge in [0.1, 0.15) is 17.3 Å². The SMILES string of the molecule is COC1CCN(c2c(F)cc(CNC3CC3)cc2F)C1. The minimum Gasteiger partial charge on any atom is -0.380 e. The smallest absolute Gasteiger partial charge is 0.149 e. The van der Waals surface area contributed by atoms with Crippen LogP contribution in [0.5, 0.6) is 0 Å². The third kappa shape index (κ3) is 2.94. The van der Waals surface area contributed by atoms with Gasteiger partial charge in [0.15, 0.2) is 0 Å². The first-order valence-electron chi connectivity index (χ1n) is 7.16. The maximum atomic E-state index is 14.2. The summed E-state index contributed by atoms with van der Waals surface area (Å²) in [6.07, 6.45) is 3.19. The lowest BCUT2D eigenvalue weighted by molar-refractivity contribution is 0.121. The molecule has 1 saturated carbocycles. The van der Waals surface area contributed by atoms with Crippen LogP contribution >= 0.6 is 0 Å². The van der Waals surface area contributed by atoms with Gasteiger partial charge in [0.25, 0.3) is 0 Å². The zero-order chi connectivity index (χ0) is 14.1. The number of nitrogens with one attached hydrogen (secondary N) is 1. The van der Waals surface area contributed by atoms with Gasteiger partial charge in [0.2, 0.25) is 0 Å². The number of halogens is 2. The number of nitrogens with zero attached hydrogens (tertiary/aromatic N) is 1. The average molecular weight is 282 g/mol. The number of anilines is 1. The van der Waals surface area contributed by atoms with Crippen LogP contribution in [0.4, 0.5) is 14.5 Å². The zero-order valence-corrected chi connectivity index (χ0v) is 11.7. The van der Waals surface area contributed by atoms with Gasteiger partial charge in [-0.25, -0.2) is 8.78 Å². The minimum atomic E-state index is -0.477. The summed E-state index contributed by atoms with van der Waals surface area (Å²) in [5.74, 6) is -0.955. The van der Waals surface area contributed by atoms with Gasteiger partial charge in [-0.3, -0.25) is 0 Å². The molecular formula is C15H20F2N2O. The van der Waals surface area contributed by atoms with Crippen LogP contribution in [0.3, 0.4) is 0 Å². The van der Waals surface area contributed by atoms with E-state index in [1.54, 1.807) is 12.0 Å². The highest BCUT2D eigenvalue weighted by Gasteiger charge is 2.27. The van der Waals surface area contributed by atoms with Crippen LogP contribution in [-0.4, -0.2) is 32.3 Å². The fourth-order valence-electron chi connectivity index (χ4n) is 2.70. The van der Waals surface area contributed by atoms with Crippen molar-refractivity contribution in [1.82, 2.24) is 5.32 Å². The Kier molecular flexibility index (Phi) is 3.89. The van der Waals surface area contributed by atoms with Crippen LogP contribution in [0.25, 0.3) is 0 Å². The van der Waals surface area contributed by atoms with Crippen molar-refractivity contribution >= 4 is 5.69 Å². The van der Waals surface area contributed by atoms with Crippen LogP contribution in [0.15, 0.2) is 12.1 Å². The minimum absolute atomic E-state index is 0.0602. The largest absolute Gasteiger partial charge is 0.380 e. The Bertz CT molecular complexity index is 468. The maximum absolute atomic E-state index is 14.2. The summed E-state index contributed by atoms with van der Waals surface area (Å²) in [4.78, 5) is 1.73. The summed E-state index contributed by atoms with van der Waals surface area (Å²) in [5, 5.41) is 3.27. The van der Waals surface area contributed by atoms with Crippen molar-refractivity contribution in [2.45, 2.75) is 38.0 Å². The van der Waals surface area contributed by atoms with Gasteiger partial charge in [-0.2, -0.15) is 0 Å². The number of ether oxygens (including phenoxy) is 1. The van der Waals surface area contributed by atoms with Crippen molar-refractivity contribution in [2.75, 3.05) is 25.1 Å². The topological polar surface area (TPSA) is 24.5 Å². The fraction of sp³-hybridized carbons (Fsp3) is 0.600. The molecule has 1 aromatic carbocycles. The van der Waals surface area contributed by atoms with Gasteiger partial charge in [0, 0.05) is 32.8 Å². The highest BCUT2D eigenvalue weighted by atomic mass is 19.1. The first-order chi connectivity index (χ1) is 9.67. The van der Waals surface area contributed by atoms with Gasteiger partial charge in [-0.05, 0) is 37.0 Å². The average Bonchev–Trinajstić information content (AvgIpc) is 3.13. The summed E-state index contributed by atoms with van der Waals surface area (Å²) < 4.78 is 33.6. The molecule has 5 heteroatoms. The Morgan fingerprint density at radius 3 is 2.50 bits per heavy atom. The summed E-state index contributed by atoms with van der Waals surface area (Å²) in [6.45, 7) is 1.70. The zero-order valence-electron chi connectivity index (χ0n) is 11.7. The van der Waals surface area contributed by atoms with Crippen LogP contribution < -0.4 is 10.2 Å². The van der Waals surface area contributed by atoms with E-state index in [4.69, 9.17) is 4.74 Å². The highest BCUT2D eigenvalue weighted by molar-refractivity contribution is 5.51. The van der Waals surface area contributed by atoms with Crippen molar-refractivity contribution < 1.29 is 13.5 Å². The van der Waals surface area contributed by atoms with Gasteiger partial charge >= 0.3 is 0 Å². The van der Waals surface area contributed by atoms with Crippen molar-refractivity contribution in [3.8, 4) is 0 Å². The number of hydrogen-bond acceptors (Lipinski definition) is 3. The number of hydrogen-bond donors (Lipinski definition) is 1. The predicted molar refractivity (Wildman–Crippen MR) is 73.8 cm³/mol. The number of rotatable bonds is 5. The molecule has 3 rings (SSSR count). The molecule has 0 bridgehead atoms. The second kappa shape index (κ2) is 5.66. The second-order valence-corrected chi connectivity index (χ2v) is 5.66. The normalized spacial score (nSPS) is 22.6. The Hall–Kier alpha value is -1.20. The molecule has 1 aliphatic heterocycles. The first-order valence-corrected chi connectivity index (χ1v) is 7.16. The molecule has 0 radical (unpaired) electrons.